The molecule has 1 N–H and O–H groups in total. The molecule has 0 spiro atoms. The molecule has 0 radical (unpaired) electrons. The second-order valence-corrected chi connectivity index (χ2v) is 6.69. The van der Waals surface area contributed by atoms with Crippen molar-refractivity contribution in [3.8, 4) is 22.9 Å². The van der Waals surface area contributed by atoms with Crippen LogP contribution in [0.2, 0.25) is 0 Å². The first-order valence-corrected chi connectivity index (χ1v) is 9.49. The monoisotopic (exact) mass is 399 g/mol. The summed E-state index contributed by atoms with van der Waals surface area (Å²) in [5.74, 6) is 1.14. The lowest BCUT2D eigenvalue weighted by atomic mass is 10.0. The summed E-state index contributed by atoms with van der Waals surface area (Å²) >= 11 is 0. The summed E-state index contributed by atoms with van der Waals surface area (Å²) in [4.78, 5) is 21.9. The van der Waals surface area contributed by atoms with Crippen molar-refractivity contribution >= 4 is 16.8 Å². The van der Waals surface area contributed by atoms with Crippen LogP contribution in [-0.4, -0.2) is 30.1 Å². The number of methoxy groups -OCH3 is 2. The Kier molecular flexibility index (Phi) is 5.57. The van der Waals surface area contributed by atoms with Crippen molar-refractivity contribution in [3.63, 3.8) is 0 Å². The van der Waals surface area contributed by atoms with Gasteiger partial charge in [0.1, 0.15) is 5.75 Å². The first-order valence-electron chi connectivity index (χ1n) is 9.49. The average Bonchev–Trinajstić information content (AvgIpc) is 2.82. The Morgan fingerprint density at radius 3 is 2.47 bits per heavy atom. The number of aromatic nitrogens is 2. The number of amides is 1. The normalized spacial score (nSPS) is 10.6. The Balaban J connectivity index is 1.64. The third kappa shape index (κ3) is 4.07. The molecule has 30 heavy (non-hydrogen) atoms. The van der Waals surface area contributed by atoms with Gasteiger partial charge in [0.05, 0.1) is 31.0 Å². The number of carbonyl (C=O) groups excluding carboxylic acids is 1. The molecule has 0 saturated carbocycles. The smallest absolute Gasteiger partial charge is 0.252 e. The molecule has 2 aromatic carbocycles. The summed E-state index contributed by atoms with van der Waals surface area (Å²) < 4.78 is 10.3. The Bertz CT molecular complexity index is 1170. The molecule has 150 valence electrons. The minimum Gasteiger partial charge on any atom is -0.497 e. The van der Waals surface area contributed by atoms with Crippen LogP contribution >= 0.6 is 0 Å². The lowest BCUT2D eigenvalue weighted by Crippen LogP contribution is -2.23. The lowest BCUT2D eigenvalue weighted by molar-refractivity contribution is 0.0952. The van der Waals surface area contributed by atoms with Crippen LogP contribution in [0.3, 0.4) is 0 Å². The van der Waals surface area contributed by atoms with E-state index in [1.165, 1.54) is 0 Å². The zero-order valence-electron chi connectivity index (χ0n) is 16.8. The van der Waals surface area contributed by atoms with Crippen molar-refractivity contribution < 1.29 is 14.3 Å². The summed E-state index contributed by atoms with van der Waals surface area (Å²) in [5, 5.41) is 3.78. The van der Waals surface area contributed by atoms with Crippen molar-refractivity contribution in [2.45, 2.75) is 6.54 Å². The molecular formula is C24H21N3O3. The van der Waals surface area contributed by atoms with Crippen molar-refractivity contribution in [2.75, 3.05) is 14.2 Å². The number of para-hydroxylation sites is 1. The quantitative estimate of drug-likeness (QED) is 0.525. The van der Waals surface area contributed by atoms with Gasteiger partial charge in [-0.15, -0.1) is 0 Å². The summed E-state index contributed by atoms with van der Waals surface area (Å²) in [6.07, 6.45) is 1.69. The highest BCUT2D eigenvalue weighted by Crippen LogP contribution is 2.26. The number of fused-ring (bicyclic) bond motifs is 1. The molecule has 1 amide bonds. The van der Waals surface area contributed by atoms with Crippen LogP contribution in [0, 0.1) is 0 Å². The number of hydrogen-bond donors (Lipinski definition) is 1. The minimum absolute atomic E-state index is 0.167. The second-order valence-electron chi connectivity index (χ2n) is 6.69. The molecule has 0 saturated heterocycles. The van der Waals surface area contributed by atoms with Crippen LogP contribution < -0.4 is 14.8 Å². The van der Waals surface area contributed by atoms with E-state index in [0.717, 1.165) is 33.5 Å². The van der Waals surface area contributed by atoms with Gasteiger partial charge in [-0.2, -0.15) is 0 Å². The van der Waals surface area contributed by atoms with Gasteiger partial charge in [0.2, 0.25) is 5.88 Å². The number of carbonyl (C=O) groups is 1. The fraction of sp³-hybridized carbons (Fsp3) is 0.125. The van der Waals surface area contributed by atoms with Crippen molar-refractivity contribution in [1.82, 2.24) is 15.3 Å². The largest absolute Gasteiger partial charge is 0.497 e. The third-order valence-electron chi connectivity index (χ3n) is 4.81. The summed E-state index contributed by atoms with van der Waals surface area (Å²) in [7, 11) is 3.20. The molecule has 0 aliphatic rings. The van der Waals surface area contributed by atoms with Crippen molar-refractivity contribution in [3.05, 3.63) is 84.1 Å². The molecule has 4 aromatic rings. The molecule has 6 nitrogen and oxygen atoms in total. The van der Waals surface area contributed by atoms with Crippen LogP contribution in [0.5, 0.6) is 11.6 Å². The number of nitrogens with zero attached hydrogens (tertiary/aromatic N) is 2. The molecule has 0 atom stereocenters. The molecule has 0 aliphatic carbocycles. The molecule has 0 aliphatic heterocycles. The molecule has 0 unspecified atom stereocenters. The molecule has 6 heteroatoms. The highest BCUT2D eigenvalue weighted by atomic mass is 16.5. The Labute approximate surface area is 174 Å². The molecule has 4 rings (SSSR count). The maximum Gasteiger partial charge on any atom is 0.252 e. The van der Waals surface area contributed by atoms with Gasteiger partial charge in [-0.1, -0.05) is 24.3 Å². The van der Waals surface area contributed by atoms with Gasteiger partial charge >= 0.3 is 0 Å². The first kappa shape index (κ1) is 19.4. The number of nitrogens with one attached hydrogen (secondary N) is 1. The summed E-state index contributed by atoms with van der Waals surface area (Å²) in [6.45, 7) is 0.365. The topological polar surface area (TPSA) is 73.3 Å². The maximum absolute atomic E-state index is 13.0. The fourth-order valence-corrected chi connectivity index (χ4v) is 3.19. The van der Waals surface area contributed by atoms with E-state index in [1.54, 1.807) is 26.5 Å². The average molecular weight is 399 g/mol. The van der Waals surface area contributed by atoms with E-state index in [9.17, 15) is 4.79 Å². The fourth-order valence-electron chi connectivity index (χ4n) is 3.19. The van der Waals surface area contributed by atoms with Gasteiger partial charge in [-0.3, -0.25) is 4.79 Å². The molecule has 0 fully saturated rings. The van der Waals surface area contributed by atoms with Gasteiger partial charge in [0, 0.05) is 29.8 Å². The van der Waals surface area contributed by atoms with E-state index >= 15 is 0 Å². The van der Waals surface area contributed by atoms with Crippen LogP contribution in [0.15, 0.2) is 72.9 Å². The van der Waals surface area contributed by atoms with Crippen molar-refractivity contribution in [2.24, 2.45) is 0 Å². The minimum atomic E-state index is -0.167. The molecule has 2 aromatic heterocycles. The molecule has 0 bridgehead atoms. The van der Waals surface area contributed by atoms with Gasteiger partial charge in [0.15, 0.2) is 0 Å². The van der Waals surface area contributed by atoms with Gasteiger partial charge < -0.3 is 14.8 Å². The number of pyridine rings is 2. The zero-order valence-corrected chi connectivity index (χ0v) is 16.8. The van der Waals surface area contributed by atoms with Crippen LogP contribution in [0.25, 0.3) is 22.2 Å². The number of hydrogen-bond acceptors (Lipinski definition) is 5. The molecular weight excluding hydrogens is 378 g/mol. The Hall–Kier alpha value is -3.93. The zero-order chi connectivity index (χ0) is 20.9. The van der Waals surface area contributed by atoms with Gasteiger partial charge in [-0.05, 0) is 42.0 Å². The highest BCUT2D eigenvalue weighted by Gasteiger charge is 2.14. The number of benzene rings is 2. The standard InChI is InChI=1S/C24H21N3O3/c1-29-18-10-8-17(9-11-18)22-13-20(19-5-3-4-6-21(19)27-22)24(28)26-15-16-7-12-23(30-2)25-14-16/h3-14H,15H2,1-2H3,(H,26,28). The Morgan fingerprint density at radius 2 is 1.77 bits per heavy atom. The number of ether oxygens (including phenoxy) is 2. The van der Waals surface area contributed by atoms with E-state index in [2.05, 4.69) is 10.3 Å². The maximum atomic E-state index is 13.0. The van der Waals surface area contributed by atoms with Gasteiger partial charge in [-0.25, -0.2) is 9.97 Å². The summed E-state index contributed by atoms with van der Waals surface area (Å²) in [5.41, 5.74) is 3.87. The number of rotatable bonds is 6. The third-order valence-corrected chi connectivity index (χ3v) is 4.81. The molecule has 2 heterocycles. The summed E-state index contributed by atoms with van der Waals surface area (Å²) in [6, 6.07) is 20.7. The van der Waals surface area contributed by atoms with E-state index in [0.29, 0.717) is 18.0 Å². The van der Waals surface area contributed by atoms with Crippen LogP contribution in [0.1, 0.15) is 15.9 Å². The first-order chi connectivity index (χ1) is 14.7. The van der Waals surface area contributed by atoms with E-state index in [4.69, 9.17) is 14.5 Å². The van der Waals surface area contributed by atoms with Crippen LogP contribution in [0.4, 0.5) is 0 Å². The van der Waals surface area contributed by atoms with E-state index in [-0.39, 0.29) is 5.91 Å². The lowest BCUT2D eigenvalue weighted by Gasteiger charge is -2.11. The predicted molar refractivity (Wildman–Crippen MR) is 116 cm³/mol. The van der Waals surface area contributed by atoms with E-state index < -0.39 is 0 Å². The van der Waals surface area contributed by atoms with Crippen LogP contribution in [-0.2, 0) is 6.54 Å². The Morgan fingerprint density at radius 1 is 0.967 bits per heavy atom. The SMILES string of the molecule is COc1ccc(-c2cc(C(=O)NCc3ccc(OC)nc3)c3ccccc3n2)cc1. The van der Waals surface area contributed by atoms with Gasteiger partial charge in [0.25, 0.3) is 5.91 Å². The second kappa shape index (κ2) is 8.61. The highest BCUT2D eigenvalue weighted by molar-refractivity contribution is 6.07. The predicted octanol–water partition coefficient (Wildman–Crippen LogP) is 4.24. The van der Waals surface area contributed by atoms with Crippen molar-refractivity contribution in [1.29, 1.82) is 0 Å². The van der Waals surface area contributed by atoms with E-state index in [1.807, 2.05) is 60.7 Å².